The summed E-state index contributed by atoms with van der Waals surface area (Å²) in [6.07, 6.45) is 0. The molecule has 0 aromatic heterocycles. The summed E-state index contributed by atoms with van der Waals surface area (Å²) in [4.78, 5) is 0. The monoisotopic (exact) mass is 1130 g/mol. The molecular formula is C87H88. The van der Waals surface area contributed by atoms with Gasteiger partial charge in [-0.3, -0.25) is 0 Å². The van der Waals surface area contributed by atoms with Crippen LogP contribution < -0.4 is 0 Å². The van der Waals surface area contributed by atoms with Gasteiger partial charge in [-0.25, -0.2) is 0 Å². The lowest BCUT2D eigenvalue weighted by atomic mass is 9.97. The zero-order valence-corrected chi connectivity index (χ0v) is 54.3. The Morgan fingerprint density at radius 1 is 0.0920 bits per heavy atom. The quantitative estimate of drug-likeness (QED) is 0.149. The van der Waals surface area contributed by atoms with E-state index in [1.807, 2.05) is 0 Å². The Kier molecular flexibility index (Phi) is 22.0. The van der Waals surface area contributed by atoms with Crippen molar-refractivity contribution in [3.8, 4) is 77.9 Å². The molecule has 0 heteroatoms. The Hall–Kier alpha value is -9.36. The van der Waals surface area contributed by atoms with Crippen LogP contribution in [0.2, 0.25) is 0 Å². The number of benzene rings is 12. The molecule has 0 aliphatic heterocycles. The second kappa shape index (κ2) is 30.1. The van der Waals surface area contributed by atoms with Crippen LogP contribution in [0.5, 0.6) is 0 Å². The van der Waals surface area contributed by atoms with E-state index in [1.165, 1.54) is 161 Å². The maximum atomic E-state index is 2.25. The van der Waals surface area contributed by atoms with Gasteiger partial charge >= 0.3 is 0 Å². The van der Waals surface area contributed by atoms with Crippen molar-refractivity contribution in [3.63, 3.8) is 0 Å². The van der Waals surface area contributed by atoms with Crippen LogP contribution in [0.15, 0.2) is 261 Å². The summed E-state index contributed by atoms with van der Waals surface area (Å²) >= 11 is 0. The second-order valence-corrected chi connectivity index (χ2v) is 24.4. The third-order valence-corrected chi connectivity index (χ3v) is 15.5. The summed E-state index contributed by atoms with van der Waals surface area (Å²) in [5.74, 6) is 0. The van der Waals surface area contributed by atoms with Crippen LogP contribution in [0.25, 0.3) is 77.9 Å². The van der Waals surface area contributed by atoms with E-state index in [2.05, 4.69) is 365 Å². The highest BCUT2D eigenvalue weighted by Gasteiger charge is 2.06. The van der Waals surface area contributed by atoms with Gasteiger partial charge in [0.25, 0.3) is 0 Å². The SMILES string of the molecule is Cc1cc(C)cc(-c2cc(C)cc(C)c2)c1.Cc1ccc(-c2cc(C)cc(C)c2)cc1.Cc1ccc(-c2ccc(-c3cc(C)cc(C)c3)cc2)cc1.Cc1ccc(-c2ccc(-c3cc(C)cc(C)c3)cc2)cc1.Cc1ccc(-c2ccc(C)cc2)cc1. The summed E-state index contributed by atoms with van der Waals surface area (Å²) < 4.78 is 0. The highest BCUT2D eigenvalue weighted by Crippen LogP contribution is 2.30. The van der Waals surface area contributed by atoms with E-state index in [4.69, 9.17) is 0 Å². The first-order valence-electron chi connectivity index (χ1n) is 30.7. The van der Waals surface area contributed by atoms with E-state index < -0.39 is 0 Å². The zero-order valence-electron chi connectivity index (χ0n) is 54.3. The van der Waals surface area contributed by atoms with Crippen LogP contribution in [0.3, 0.4) is 0 Å². The van der Waals surface area contributed by atoms with Gasteiger partial charge in [-0.15, -0.1) is 0 Å². The largest absolute Gasteiger partial charge is 0.0587 e. The maximum absolute atomic E-state index is 2.25. The smallest absolute Gasteiger partial charge is 0.0179 e. The van der Waals surface area contributed by atoms with Gasteiger partial charge in [0.1, 0.15) is 0 Å². The Balaban J connectivity index is 0.000000142. The van der Waals surface area contributed by atoms with Gasteiger partial charge in [-0.05, 0) is 182 Å². The molecular weight excluding hydrogens is 1040 g/mol. The molecule has 0 nitrogen and oxygen atoms in total. The number of aryl methyl sites for hydroxylation is 15. The number of hydrogen-bond acceptors (Lipinski definition) is 0. The molecule has 12 rings (SSSR count). The predicted molar refractivity (Wildman–Crippen MR) is 381 cm³/mol. The van der Waals surface area contributed by atoms with Gasteiger partial charge in [0.15, 0.2) is 0 Å². The summed E-state index contributed by atoms with van der Waals surface area (Å²) in [5, 5.41) is 0. The molecule has 0 bridgehead atoms. The Morgan fingerprint density at radius 3 is 0.310 bits per heavy atom. The van der Waals surface area contributed by atoms with Crippen molar-refractivity contribution in [2.24, 2.45) is 0 Å². The van der Waals surface area contributed by atoms with E-state index in [0.717, 1.165) is 0 Å². The summed E-state index contributed by atoms with van der Waals surface area (Å²) in [5.41, 5.74) is 37.8. The van der Waals surface area contributed by atoms with E-state index in [1.54, 1.807) is 0 Å². The average molecular weight is 1130 g/mol. The molecule has 12 aromatic carbocycles. The molecule has 0 saturated heterocycles. The van der Waals surface area contributed by atoms with Crippen LogP contribution in [-0.4, -0.2) is 0 Å². The molecule has 0 saturated carbocycles. The van der Waals surface area contributed by atoms with E-state index in [-0.39, 0.29) is 0 Å². The lowest BCUT2D eigenvalue weighted by Crippen LogP contribution is -1.85. The average Bonchev–Trinajstić information content (AvgIpc) is 3.36. The molecule has 0 aliphatic rings. The van der Waals surface area contributed by atoms with Gasteiger partial charge in [-0.2, -0.15) is 0 Å². The van der Waals surface area contributed by atoms with Crippen LogP contribution in [0.1, 0.15) is 83.5 Å². The first-order chi connectivity index (χ1) is 41.7. The van der Waals surface area contributed by atoms with E-state index in [0.29, 0.717) is 0 Å². The van der Waals surface area contributed by atoms with Crippen molar-refractivity contribution in [2.75, 3.05) is 0 Å². The van der Waals surface area contributed by atoms with Crippen molar-refractivity contribution in [1.29, 1.82) is 0 Å². The standard InChI is InChI=1S/2C21H20.C16H18.C15H16.C14H14/c2*1-15-4-6-18(7-5-15)19-8-10-20(11-9-19)21-13-16(2)12-17(3)14-21;1-11-5-12(2)8-15(7-11)16-9-13(3)6-14(4)10-16;1-11-4-6-14(7-5-11)15-9-12(2)8-13(3)10-15;1-11-3-7-13(8-4-11)14-9-5-12(2)6-10-14/h2*4-14H,1-3H3;5-10H,1-4H3;4-10H,1-3H3;3-10H,1-2H3. The molecule has 87 heavy (non-hydrogen) atoms. The number of rotatable bonds is 7. The van der Waals surface area contributed by atoms with Gasteiger partial charge < -0.3 is 0 Å². The predicted octanol–water partition coefficient (Wildman–Crippen LogP) is 24.7. The molecule has 0 heterocycles. The van der Waals surface area contributed by atoms with E-state index in [9.17, 15) is 0 Å². The van der Waals surface area contributed by atoms with Crippen LogP contribution >= 0.6 is 0 Å². The van der Waals surface area contributed by atoms with E-state index >= 15 is 0 Å². The molecule has 0 aliphatic carbocycles. The van der Waals surface area contributed by atoms with Gasteiger partial charge in [-0.1, -0.05) is 344 Å². The van der Waals surface area contributed by atoms with Crippen LogP contribution in [0.4, 0.5) is 0 Å². The Labute approximate surface area is 523 Å². The van der Waals surface area contributed by atoms with Gasteiger partial charge in [0, 0.05) is 0 Å². The summed E-state index contributed by atoms with van der Waals surface area (Å²) in [7, 11) is 0. The molecule has 436 valence electrons. The van der Waals surface area contributed by atoms with Crippen molar-refractivity contribution in [2.45, 2.75) is 104 Å². The van der Waals surface area contributed by atoms with Crippen molar-refractivity contribution < 1.29 is 0 Å². The lowest BCUT2D eigenvalue weighted by Gasteiger charge is -2.07. The minimum Gasteiger partial charge on any atom is -0.0587 e. The summed E-state index contributed by atoms with van der Waals surface area (Å²) in [6.45, 7) is 32.1. The van der Waals surface area contributed by atoms with Crippen LogP contribution in [-0.2, 0) is 0 Å². The highest BCUT2D eigenvalue weighted by molar-refractivity contribution is 5.74. The third kappa shape index (κ3) is 19.3. The van der Waals surface area contributed by atoms with Gasteiger partial charge in [0.05, 0.1) is 0 Å². The zero-order chi connectivity index (χ0) is 62.1. The number of hydrogen-bond donors (Lipinski definition) is 0. The Bertz CT molecular complexity index is 3820. The summed E-state index contributed by atoms with van der Waals surface area (Å²) in [6, 6.07) is 94.5. The molecule has 0 fully saturated rings. The first kappa shape index (κ1) is 63.7. The molecule has 0 unspecified atom stereocenters. The topological polar surface area (TPSA) is 0 Å². The fraction of sp³-hybridized carbons (Fsp3) is 0.172. The maximum Gasteiger partial charge on any atom is -0.0179 e. The third-order valence-electron chi connectivity index (χ3n) is 15.5. The fourth-order valence-electron chi connectivity index (χ4n) is 11.1. The van der Waals surface area contributed by atoms with Crippen molar-refractivity contribution in [1.82, 2.24) is 0 Å². The lowest BCUT2D eigenvalue weighted by molar-refractivity contribution is 1.35. The highest BCUT2D eigenvalue weighted by atomic mass is 14.1. The Morgan fingerprint density at radius 2 is 0.184 bits per heavy atom. The molecule has 0 radical (unpaired) electrons. The van der Waals surface area contributed by atoms with Gasteiger partial charge in [0.2, 0.25) is 0 Å². The minimum absolute atomic E-state index is 1.27. The fourth-order valence-corrected chi connectivity index (χ4v) is 11.1. The van der Waals surface area contributed by atoms with Crippen molar-refractivity contribution in [3.05, 3.63) is 344 Å². The molecule has 0 N–H and O–H groups in total. The van der Waals surface area contributed by atoms with Crippen molar-refractivity contribution >= 4 is 0 Å². The molecule has 0 amide bonds. The second-order valence-electron chi connectivity index (χ2n) is 24.4. The molecule has 0 spiro atoms. The first-order valence-corrected chi connectivity index (χ1v) is 30.7. The molecule has 12 aromatic rings. The minimum atomic E-state index is 1.27. The van der Waals surface area contributed by atoms with Crippen LogP contribution in [0, 0.1) is 104 Å². The normalized spacial score (nSPS) is 10.5. The molecule has 0 atom stereocenters.